The first-order valence-corrected chi connectivity index (χ1v) is 8.19. The second kappa shape index (κ2) is 6.45. The van der Waals surface area contributed by atoms with Gasteiger partial charge in [0.1, 0.15) is 10.8 Å². The zero-order chi connectivity index (χ0) is 14.7. The third-order valence-corrected chi connectivity index (χ3v) is 4.32. The summed E-state index contributed by atoms with van der Waals surface area (Å²) >= 11 is 7.32. The smallest absolute Gasteiger partial charge is 0.258 e. The Labute approximate surface area is 132 Å². The second-order valence-corrected chi connectivity index (χ2v) is 6.06. The molecule has 1 aromatic carbocycles. The van der Waals surface area contributed by atoms with Gasteiger partial charge in [-0.3, -0.25) is 4.79 Å². The van der Waals surface area contributed by atoms with E-state index >= 15 is 0 Å². The topological polar surface area (TPSA) is 51.2 Å². The molecule has 1 fully saturated rings. The maximum absolute atomic E-state index is 11.5. The van der Waals surface area contributed by atoms with Crippen LogP contribution in [0.25, 0.3) is 10.6 Å². The summed E-state index contributed by atoms with van der Waals surface area (Å²) in [5, 5.41) is 5.77. The van der Waals surface area contributed by atoms with E-state index in [1.165, 1.54) is 0 Å². The number of nitrogens with zero attached hydrogens (tertiary/aromatic N) is 1. The highest BCUT2D eigenvalue weighted by atomic mass is 35.5. The van der Waals surface area contributed by atoms with Gasteiger partial charge in [-0.1, -0.05) is 0 Å². The van der Waals surface area contributed by atoms with Crippen LogP contribution in [0, 0.1) is 0 Å². The van der Waals surface area contributed by atoms with Crippen molar-refractivity contribution < 1.29 is 9.53 Å². The van der Waals surface area contributed by atoms with E-state index in [1.54, 1.807) is 11.3 Å². The number of carbonyl (C=O) groups excluding carboxylic acids is 1. The molecule has 6 heteroatoms. The Hall–Kier alpha value is -1.59. The predicted octanol–water partition coefficient (Wildman–Crippen LogP) is 3.21. The monoisotopic (exact) mass is 322 g/mol. The molecule has 1 amide bonds. The maximum Gasteiger partial charge on any atom is 0.258 e. The van der Waals surface area contributed by atoms with Crippen molar-refractivity contribution in [3.05, 3.63) is 35.3 Å². The Balaban J connectivity index is 1.56. The van der Waals surface area contributed by atoms with Gasteiger partial charge in [0.2, 0.25) is 0 Å². The molecule has 2 aromatic rings. The van der Waals surface area contributed by atoms with Crippen LogP contribution in [-0.2, 0) is 10.7 Å². The summed E-state index contributed by atoms with van der Waals surface area (Å²) in [4.78, 5) is 16.0. The molecule has 0 unspecified atom stereocenters. The number of benzene rings is 1. The predicted molar refractivity (Wildman–Crippen MR) is 83.8 cm³/mol. The summed E-state index contributed by atoms with van der Waals surface area (Å²) in [6.45, 7) is 0.0590. The van der Waals surface area contributed by atoms with E-state index in [1.807, 2.05) is 29.6 Å². The van der Waals surface area contributed by atoms with Crippen LogP contribution in [0.4, 0.5) is 0 Å². The van der Waals surface area contributed by atoms with Crippen molar-refractivity contribution in [2.75, 3.05) is 6.61 Å². The van der Waals surface area contributed by atoms with Gasteiger partial charge in [-0.15, -0.1) is 22.9 Å². The largest absolute Gasteiger partial charge is 0.484 e. The Morgan fingerprint density at radius 2 is 2.14 bits per heavy atom. The van der Waals surface area contributed by atoms with Crippen LogP contribution in [0.5, 0.6) is 5.75 Å². The van der Waals surface area contributed by atoms with E-state index in [0.717, 1.165) is 29.1 Å². The molecular formula is C15H15ClN2O2S. The lowest BCUT2D eigenvalue weighted by molar-refractivity contribution is -0.123. The molecule has 0 radical (unpaired) electrons. The normalized spacial score (nSPS) is 14.0. The molecule has 0 aliphatic heterocycles. The van der Waals surface area contributed by atoms with E-state index in [9.17, 15) is 4.79 Å². The van der Waals surface area contributed by atoms with E-state index < -0.39 is 0 Å². The Bertz CT molecular complexity index is 623. The van der Waals surface area contributed by atoms with Gasteiger partial charge in [0.25, 0.3) is 5.91 Å². The summed E-state index contributed by atoms with van der Waals surface area (Å²) in [6, 6.07) is 7.93. The lowest BCUT2D eigenvalue weighted by Gasteiger charge is -2.07. The molecule has 0 bridgehead atoms. The molecule has 1 heterocycles. The van der Waals surface area contributed by atoms with Crippen LogP contribution in [0.15, 0.2) is 29.6 Å². The fourth-order valence-corrected chi connectivity index (χ4v) is 2.89. The van der Waals surface area contributed by atoms with Crippen molar-refractivity contribution in [1.29, 1.82) is 0 Å². The van der Waals surface area contributed by atoms with Crippen LogP contribution in [-0.4, -0.2) is 23.5 Å². The average molecular weight is 323 g/mol. The number of hydrogen-bond acceptors (Lipinski definition) is 4. The van der Waals surface area contributed by atoms with Crippen molar-refractivity contribution in [2.24, 2.45) is 0 Å². The molecule has 3 rings (SSSR count). The van der Waals surface area contributed by atoms with E-state index in [0.29, 0.717) is 17.7 Å². The number of amides is 1. The van der Waals surface area contributed by atoms with Crippen molar-refractivity contribution in [1.82, 2.24) is 10.3 Å². The summed E-state index contributed by atoms with van der Waals surface area (Å²) in [6.07, 6.45) is 2.16. The van der Waals surface area contributed by atoms with E-state index in [2.05, 4.69) is 10.3 Å². The molecule has 21 heavy (non-hydrogen) atoms. The Kier molecular flexibility index (Phi) is 4.41. The summed E-state index contributed by atoms with van der Waals surface area (Å²) in [5.74, 6) is 1.04. The molecule has 0 saturated heterocycles. The molecule has 1 saturated carbocycles. The molecule has 1 aromatic heterocycles. The first-order valence-electron chi connectivity index (χ1n) is 6.77. The zero-order valence-electron chi connectivity index (χ0n) is 11.3. The second-order valence-electron chi connectivity index (χ2n) is 4.93. The third kappa shape index (κ3) is 3.95. The summed E-state index contributed by atoms with van der Waals surface area (Å²) < 4.78 is 5.46. The van der Waals surface area contributed by atoms with Gasteiger partial charge in [0, 0.05) is 17.0 Å². The minimum Gasteiger partial charge on any atom is -0.484 e. The maximum atomic E-state index is 11.5. The highest BCUT2D eigenvalue weighted by Crippen LogP contribution is 2.26. The summed E-state index contributed by atoms with van der Waals surface area (Å²) in [5.41, 5.74) is 1.90. The van der Waals surface area contributed by atoms with Crippen LogP contribution in [0.3, 0.4) is 0 Å². The van der Waals surface area contributed by atoms with E-state index in [-0.39, 0.29) is 12.5 Å². The molecule has 0 atom stereocenters. The Morgan fingerprint density at radius 1 is 1.38 bits per heavy atom. The van der Waals surface area contributed by atoms with E-state index in [4.69, 9.17) is 16.3 Å². The van der Waals surface area contributed by atoms with Gasteiger partial charge in [0.05, 0.1) is 11.6 Å². The highest BCUT2D eigenvalue weighted by Gasteiger charge is 2.23. The number of nitrogens with one attached hydrogen (secondary N) is 1. The molecule has 4 nitrogen and oxygen atoms in total. The number of ether oxygens (including phenoxy) is 1. The van der Waals surface area contributed by atoms with Crippen LogP contribution in [0.2, 0.25) is 0 Å². The number of halogens is 1. The minimum absolute atomic E-state index is 0.0590. The van der Waals surface area contributed by atoms with Crippen LogP contribution >= 0.6 is 22.9 Å². The SMILES string of the molecule is O=C(COc1ccc(-c2nc(CCl)cs2)cc1)NC1CC1. The molecule has 1 aliphatic rings. The number of alkyl halides is 1. The van der Waals surface area contributed by atoms with Gasteiger partial charge in [-0.2, -0.15) is 0 Å². The van der Waals surface area contributed by atoms with Crippen molar-refractivity contribution >= 4 is 28.8 Å². The lowest BCUT2D eigenvalue weighted by atomic mass is 10.2. The molecule has 1 N–H and O–H groups in total. The number of aromatic nitrogens is 1. The quantitative estimate of drug-likeness (QED) is 0.831. The standard InChI is InChI=1S/C15H15ClN2O2S/c16-7-12-9-21-15(18-12)10-1-5-13(6-2-10)20-8-14(19)17-11-3-4-11/h1-2,5-6,9,11H,3-4,7-8H2,(H,17,19). The molecule has 1 aliphatic carbocycles. The average Bonchev–Trinajstić information content (AvgIpc) is 3.18. The number of rotatable bonds is 6. The van der Waals surface area contributed by atoms with Crippen molar-refractivity contribution in [3.63, 3.8) is 0 Å². The number of hydrogen-bond donors (Lipinski definition) is 1. The van der Waals surface area contributed by atoms with Gasteiger partial charge < -0.3 is 10.1 Å². The molecule has 110 valence electrons. The zero-order valence-corrected chi connectivity index (χ0v) is 12.9. The Morgan fingerprint density at radius 3 is 2.76 bits per heavy atom. The first-order chi connectivity index (χ1) is 10.2. The fourth-order valence-electron chi connectivity index (χ4n) is 1.84. The lowest BCUT2D eigenvalue weighted by Crippen LogP contribution is -2.30. The van der Waals surface area contributed by atoms with Crippen molar-refractivity contribution in [2.45, 2.75) is 24.8 Å². The van der Waals surface area contributed by atoms with Gasteiger partial charge in [0.15, 0.2) is 6.61 Å². The first kappa shape index (κ1) is 14.4. The molecule has 0 spiro atoms. The van der Waals surface area contributed by atoms with Crippen LogP contribution in [0.1, 0.15) is 18.5 Å². The van der Waals surface area contributed by atoms with Gasteiger partial charge >= 0.3 is 0 Å². The highest BCUT2D eigenvalue weighted by molar-refractivity contribution is 7.13. The summed E-state index contributed by atoms with van der Waals surface area (Å²) in [7, 11) is 0. The van der Waals surface area contributed by atoms with Crippen molar-refractivity contribution in [3.8, 4) is 16.3 Å². The number of thiazole rings is 1. The molecular weight excluding hydrogens is 308 g/mol. The fraction of sp³-hybridized carbons (Fsp3) is 0.333. The van der Waals surface area contributed by atoms with Gasteiger partial charge in [-0.05, 0) is 37.1 Å². The van der Waals surface area contributed by atoms with Gasteiger partial charge in [-0.25, -0.2) is 4.98 Å². The third-order valence-electron chi connectivity index (χ3n) is 3.10. The minimum atomic E-state index is -0.0618. The number of carbonyl (C=O) groups is 1. The van der Waals surface area contributed by atoms with Crippen LogP contribution < -0.4 is 10.1 Å².